The van der Waals surface area contributed by atoms with E-state index in [0.717, 1.165) is 24.2 Å². The molecule has 1 saturated carbocycles. The Morgan fingerprint density at radius 2 is 2.10 bits per heavy atom. The predicted octanol–water partition coefficient (Wildman–Crippen LogP) is 5.09. The largest absolute Gasteiger partial charge is 0.360 e. The Morgan fingerprint density at radius 1 is 1.40 bits per heavy atom. The van der Waals surface area contributed by atoms with Crippen LogP contribution in [0.25, 0.3) is 0 Å². The van der Waals surface area contributed by atoms with Crippen LogP contribution in [0.3, 0.4) is 0 Å². The quantitative estimate of drug-likeness (QED) is 0.515. The summed E-state index contributed by atoms with van der Waals surface area (Å²) in [6.07, 6.45) is 7.88. The Kier molecular flexibility index (Phi) is 5.21. The van der Waals surface area contributed by atoms with Gasteiger partial charge in [-0.1, -0.05) is 63.9 Å². The average molecular weight is 292 g/mol. The summed E-state index contributed by atoms with van der Waals surface area (Å²) >= 11 is 5.68. The minimum atomic E-state index is 0.583. The molecule has 5 atom stereocenters. The molecule has 3 aliphatic rings. The summed E-state index contributed by atoms with van der Waals surface area (Å²) in [5.41, 5.74) is 0. The first-order chi connectivity index (χ1) is 9.57. The second-order valence-corrected chi connectivity index (χ2v) is 7.39. The van der Waals surface area contributed by atoms with Gasteiger partial charge in [-0.05, 0) is 38.5 Å². The van der Waals surface area contributed by atoms with Gasteiger partial charge in [0.1, 0.15) is 7.28 Å². The second kappa shape index (κ2) is 6.38. The van der Waals surface area contributed by atoms with Crippen molar-refractivity contribution < 1.29 is 0 Å². The molecule has 0 amide bonds. The van der Waals surface area contributed by atoms with Crippen molar-refractivity contribution in [2.75, 3.05) is 0 Å². The van der Waals surface area contributed by atoms with E-state index in [-0.39, 0.29) is 0 Å². The maximum atomic E-state index is 5.68. The minimum Gasteiger partial charge on any atom is -0.360 e. The zero-order valence-corrected chi connectivity index (χ0v) is 14.8. The molecule has 3 heteroatoms. The summed E-state index contributed by atoms with van der Waals surface area (Å²) in [6.45, 7) is 11.1. The van der Waals surface area contributed by atoms with Crippen LogP contribution >= 0.6 is 12.2 Å². The van der Waals surface area contributed by atoms with Gasteiger partial charge in [-0.3, -0.25) is 0 Å². The molecule has 1 aliphatic carbocycles. The van der Waals surface area contributed by atoms with Crippen LogP contribution < -0.4 is 0 Å². The maximum absolute atomic E-state index is 5.68. The van der Waals surface area contributed by atoms with E-state index in [1.165, 1.54) is 37.1 Å². The van der Waals surface area contributed by atoms with E-state index in [0.29, 0.717) is 11.4 Å². The van der Waals surface area contributed by atoms with Crippen molar-refractivity contribution in [3.63, 3.8) is 0 Å². The highest BCUT2D eigenvalue weighted by Gasteiger charge is 2.58. The molecular formula is C17H31BNS. The van der Waals surface area contributed by atoms with Crippen molar-refractivity contribution in [1.82, 2.24) is 4.90 Å². The first-order valence-electron chi connectivity index (χ1n) is 8.74. The zero-order chi connectivity index (χ0) is 14.9. The number of likely N-dealkylation sites (tertiary alicyclic amines) is 1. The van der Waals surface area contributed by atoms with Gasteiger partial charge < -0.3 is 4.90 Å². The van der Waals surface area contributed by atoms with Crippen LogP contribution in [0.2, 0.25) is 11.1 Å². The number of thiocarbonyl (C=S) groups is 1. The molecule has 3 rings (SSSR count). The lowest BCUT2D eigenvalue weighted by Gasteiger charge is -2.46. The fourth-order valence-corrected chi connectivity index (χ4v) is 4.89. The van der Waals surface area contributed by atoms with Crippen molar-refractivity contribution in [3.8, 4) is 0 Å². The summed E-state index contributed by atoms with van der Waals surface area (Å²) in [5, 5.41) is 0.583. The van der Waals surface area contributed by atoms with Crippen LogP contribution in [-0.4, -0.2) is 29.3 Å². The van der Waals surface area contributed by atoms with Gasteiger partial charge in [-0.25, -0.2) is 0 Å². The standard InChI is InChI=1S/C15H25BNS.C2H6/c1-4-10(2)17-12-6-5-9-15(3)14(16-15)11(12)7-8-13(17)18;1-2/h10-12,14H,4-9H2,1-3H3;1-2H3. The van der Waals surface area contributed by atoms with Crippen molar-refractivity contribution >= 4 is 24.5 Å². The first kappa shape index (κ1) is 16.3. The van der Waals surface area contributed by atoms with E-state index in [1.807, 2.05) is 13.8 Å². The molecular weight excluding hydrogens is 261 g/mol. The molecule has 20 heavy (non-hydrogen) atoms. The van der Waals surface area contributed by atoms with Crippen LogP contribution in [0.1, 0.15) is 73.1 Å². The maximum Gasteiger partial charge on any atom is 0.121 e. The fraction of sp³-hybridized carbons (Fsp3) is 0.941. The summed E-state index contributed by atoms with van der Waals surface area (Å²) in [7, 11) is 2.63. The fourth-order valence-electron chi connectivity index (χ4n) is 4.46. The van der Waals surface area contributed by atoms with Gasteiger partial charge in [-0.15, -0.1) is 0 Å². The Balaban J connectivity index is 0.000000704. The van der Waals surface area contributed by atoms with Gasteiger partial charge in [0.05, 0.1) is 4.99 Å². The van der Waals surface area contributed by atoms with Gasteiger partial charge in [0.15, 0.2) is 0 Å². The molecule has 0 aromatic carbocycles. The minimum absolute atomic E-state index is 0.583. The Hall–Kier alpha value is -0.0451. The smallest absolute Gasteiger partial charge is 0.121 e. The van der Waals surface area contributed by atoms with E-state index in [1.54, 1.807) is 0 Å². The van der Waals surface area contributed by atoms with E-state index in [9.17, 15) is 0 Å². The van der Waals surface area contributed by atoms with Crippen LogP contribution in [0.5, 0.6) is 0 Å². The first-order valence-corrected chi connectivity index (χ1v) is 9.15. The third-order valence-corrected chi connectivity index (χ3v) is 6.20. The molecule has 0 bridgehead atoms. The molecule has 1 nitrogen and oxygen atoms in total. The summed E-state index contributed by atoms with van der Waals surface area (Å²) in [6, 6.07) is 1.38. The lowest BCUT2D eigenvalue weighted by atomic mass is 9.76. The molecule has 113 valence electrons. The number of rotatable bonds is 2. The summed E-state index contributed by atoms with van der Waals surface area (Å²) in [5.74, 6) is 1.78. The van der Waals surface area contributed by atoms with Crippen molar-refractivity contribution in [2.24, 2.45) is 5.92 Å². The molecule has 0 aromatic heterocycles. The Labute approximate surface area is 132 Å². The van der Waals surface area contributed by atoms with E-state index in [2.05, 4.69) is 33.0 Å². The molecule has 0 spiro atoms. The van der Waals surface area contributed by atoms with Gasteiger partial charge in [0, 0.05) is 12.1 Å². The highest BCUT2D eigenvalue weighted by atomic mass is 32.1. The molecule has 2 aliphatic heterocycles. The van der Waals surface area contributed by atoms with Crippen molar-refractivity contribution in [1.29, 1.82) is 0 Å². The molecule has 2 heterocycles. The summed E-state index contributed by atoms with van der Waals surface area (Å²) < 4.78 is 0. The van der Waals surface area contributed by atoms with Crippen LogP contribution in [0.15, 0.2) is 0 Å². The van der Waals surface area contributed by atoms with Crippen molar-refractivity contribution in [3.05, 3.63) is 0 Å². The molecule has 3 fully saturated rings. The lowest BCUT2D eigenvalue weighted by Crippen LogP contribution is -2.51. The highest BCUT2D eigenvalue weighted by molar-refractivity contribution is 7.80. The van der Waals surface area contributed by atoms with Gasteiger partial charge in [-0.2, -0.15) is 0 Å². The van der Waals surface area contributed by atoms with E-state index >= 15 is 0 Å². The number of fused-ring (bicyclic) bond motifs is 3. The number of nitrogens with zero attached hydrogens (tertiary/aromatic N) is 1. The highest BCUT2D eigenvalue weighted by Crippen LogP contribution is 2.67. The number of hydrogen-bond acceptors (Lipinski definition) is 1. The Morgan fingerprint density at radius 3 is 2.75 bits per heavy atom. The zero-order valence-electron chi connectivity index (χ0n) is 14.0. The molecule has 1 radical (unpaired) electrons. The molecule has 2 saturated heterocycles. The Bertz CT molecular complexity index is 359. The molecule has 0 N–H and O–H groups in total. The lowest BCUT2D eigenvalue weighted by molar-refractivity contribution is 0.147. The normalized spacial score (nSPS) is 40.4. The SMILES string of the molecule is CC.CCC(C)N1C(=S)CCC2C1CCCC1(C)[B]C21. The average Bonchev–Trinajstić information content (AvgIpc) is 3.13. The van der Waals surface area contributed by atoms with Gasteiger partial charge >= 0.3 is 0 Å². The van der Waals surface area contributed by atoms with Gasteiger partial charge in [0.2, 0.25) is 0 Å². The topological polar surface area (TPSA) is 3.24 Å². The monoisotopic (exact) mass is 292 g/mol. The molecule has 0 aromatic rings. The number of hydrogen-bond donors (Lipinski definition) is 0. The van der Waals surface area contributed by atoms with Crippen molar-refractivity contribution in [2.45, 2.75) is 96.4 Å². The van der Waals surface area contributed by atoms with E-state index in [4.69, 9.17) is 12.2 Å². The van der Waals surface area contributed by atoms with E-state index < -0.39 is 0 Å². The third kappa shape index (κ3) is 2.80. The second-order valence-electron chi connectivity index (χ2n) is 6.92. The number of piperidine rings is 1. The summed E-state index contributed by atoms with van der Waals surface area (Å²) in [4.78, 5) is 3.87. The predicted molar refractivity (Wildman–Crippen MR) is 93.8 cm³/mol. The van der Waals surface area contributed by atoms with Crippen LogP contribution in [0, 0.1) is 5.92 Å². The molecule has 5 unspecified atom stereocenters. The van der Waals surface area contributed by atoms with Crippen LogP contribution in [-0.2, 0) is 0 Å². The van der Waals surface area contributed by atoms with Gasteiger partial charge in [0.25, 0.3) is 0 Å². The third-order valence-electron chi connectivity index (χ3n) is 5.79. The van der Waals surface area contributed by atoms with Crippen LogP contribution in [0.4, 0.5) is 0 Å².